The zero-order valence-corrected chi connectivity index (χ0v) is 14.5. The number of hydrogen-bond donors (Lipinski definition) is 1. The molecule has 3 rings (SSSR count). The van der Waals surface area contributed by atoms with Crippen LogP contribution >= 0.6 is 0 Å². The largest absolute Gasteiger partial charge is 0.379 e. The van der Waals surface area contributed by atoms with Crippen LogP contribution in [-0.4, -0.2) is 98.4 Å². The lowest BCUT2D eigenvalue weighted by Crippen LogP contribution is -2.53. The molecule has 1 aromatic heterocycles. The predicted octanol–water partition coefficient (Wildman–Crippen LogP) is -0.300. The third-order valence-corrected chi connectivity index (χ3v) is 4.58. The lowest BCUT2D eigenvalue weighted by Gasteiger charge is -2.36. The maximum absolute atomic E-state index is 5.38. The Morgan fingerprint density at radius 3 is 2.62 bits per heavy atom. The Kier molecular flexibility index (Phi) is 6.45. The number of hydrogen-bond acceptors (Lipinski definition) is 6. The van der Waals surface area contributed by atoms with Gasteiger partial charge in [0.1, 0.15) is 6.26 Å². The van der Waals surface area contributed by atoms with E-state index in [1.54, 1.807) is 6.26 Å². The third-order valence-electron chi connectivity index (χ3n) is 4.58. The highest BCUT2D eigenvalue weighted by Gasteiger charge is 2.20. The summed E-state index contributed by atoms with van der Waals surface area (Å²) in [6.07, 6.45) is 1.63. The van der Waals surface area contributed by atoms with Gasteiger partial charge in [-0.05, 0) is 0 Å². The van der Waals surface area contributed by atoms with Crippen LogP contribution in [0.2, 0.25) is 0 Å². The minimum atomic E-state index is 0.849. The van der Waals surface area contributed by atoms with Gasteiger partial charge in [-0.2, -0.15) is 0 Å². The second kappa shape index (κ2) is 9.00. The third kappa shape index (κ3) is 4.93. The van der Waals surface area contributed by atoms with Crippen molar-refractivity contribution in [2.75, 3.05) is 72.6 Å². The van der Waals surface area contributed by atoms with Gasteiger partial charge >= 0.3 is 0 Å². The van der Waals surface area contributed by atoms with E-state index in [-0.39, 0.29) is 0 Å². The highest BCUT2D eigenvalue weighted by atomic mass is 16.5. The summed E-state index contributed by atoms with van der Waals surface area (Å²) in [5.74, 6) is 1.00. The highest BCUT2D eigenvalue weighted by Crippen LogP contribution is 2.07. The average molecular weight is 336 g/mol. The second-order valence-electron chi connectivity index (χ2n) is 6.18. The molecule has 0 aliphatic carbocycles. The smallest absolute Gasteiger partial charge is 0.193 e. The van der Waals surface area contributed by atoms with Gasteiger partial charge in [-0.1, -0.05) is 5.16 Å². The number of ether oxygens (including phenoxy) is 1. The molecular formula is C16H28N6O2. The van der Waals surface area contributed by atoms with Crippen molar-refractivity contribution < 1.29 is 9.26 Å². The van der Waals surface area contributed by atoms with Crippen LogP contribution in [-0.2, 0) is 11.3 Å². The zero-order chi connectivity index (χ0) is 16.6. The summed E-state index contributed by atoms with van der Waals surface area (Å²) in [5, 5.41) is 7.48. The van der Waals surface area contributed by atoms with E-state index in [4.69, 9.17) is 9.26 Å². The Bertz CT molecular complexity index is 493. The maximum atomic E-state index is 5.38. The number of nitrogens with one attached hydrogen (secondary N) is 1. The predicted molar refractivity (Wildman–Crippen MR) is 92.0 cm³/mol. The van der Waals surface area contributed by atoms with E-state index in [1.807, 2.05) is 13.1 Å². The Hall–Kier alpha value is -1.64. The number of morpholine rings is 1. The molecule has 2 aliphatic heterocycles. The molecule has 0 bridgehead atoms. The summed E-state index contributed by atoms with van der Waals surface area (Å²) in [6.45, 7) is 10.6. The van der Waals surface area contributed by atoms with E-state index in [0.29, 0.717) is 0 Å². The number of rotatable bonds is 5. The molecule has 1 N–H and O–H groups in total. The van der Waals surface area contributed by atoms with Gasteiger partial charge in [0.25, 0.3) is 0 Å². The molecule has 8 nitrogen and oxygen atoms in total. The number of aromatic nitrogens is 1. The quantitative estimate of drug-likeness (QED) is 0.585. The van der Waals surface area contributed by atoms with E-state index in [0.717, 1.165) is 83.8 Å². The lowest BCUT2D eigenvalue weighted by atomic mass is 10.3. The Balaban J connectivity index is 1.37. The first-order chi connectivity index (χ1) is 11.8. The van der Waals surface area contributed by atoms with E-state index >= 15 is 0 Å². The Morgan fingerprint density at radius 2 is 1.96 bits per heavy atom. The summed E-state index contributed by atoms with van der Waals surface area (Å²) in [6, 6.07) is 1.93. The van der Waals surface area contributed by atoms with E-state index in [9.17, 15) is 0 Å². The van der Waals surface area contributed by atoms with Crippen LogP contribution in [0.15, 0.2) is 21.8 Å². The normalized spacial score (nSPS) is 21.2. The first-order valence-electron chi connectivity index (χ1n) is 8.72. The lowest BCUT2D eigenvalue weighted by molar-refractivity contribution is 0.0388. The summed E-state index contributed by atoms with van der Waals surface area (Å²) in [4.78, 5) is 11.6. The van der Waals surface area contributed by atoms with Crippen LogP contribution in [0.25, 0.3) is 0 Å². The molecular weight excluding hydrogens is 308 g/mol. The van der Waals surface area contributed by atoms with Crippen LogP contribution < -0.4 is 5.32 Å². The molecule has 0 spiro atoms. The van der Waals surface area contributed by atoms with Crippen molar-refractivity contribution in [1.29, 1.82) is 0 Å². The average Bonchev–Trinajstić information content (AvgIpc) is 3.14. The van der Waals surface area contributed by atoms with Crippen LogP contribution in [0.3, 0.4) is 0 Å². The molecule has 8 heteroatoms. The number of nitrogens with zero attached hydrogens (tertiary/aromatic N) is 5. The van der Waals surface area contributed by atoms with Gasteiger partial charge < -0.3 is 19.5 Å². The van der Waals surface area contributed by atoms with Gasteiger partial charge in [0.2, 0.25) is 0 Å². The molecule has 24 heavy (non-hydrogen) atoms. The molecule has 0 unspecified atom stereocenters. The summed E-state index contributed by atoms with van der Waals surface area (Å²) < 4.78 is 10.3. The molecule has 0 atom stereocenters. The fourth-order valence-corrected chi connectivity index (χ4v) is 3.15. The molecule has 1 aromatic rings. The SMILES string of the molecule is CN=C(NCCN1CCOCC1)N1CCN(Cc2ccon2)CC1. The molecule has 0 radical (unpaired) electrons. The Labute approximate surface area is 143 Å². The van der Waals surface area contributed by atoms with Crippen molar-refractivity contribution in [3.05, 3.63) is 18.0 Å². The topological polar surface area (TPSA) is 69.4 Å². The van der Waals surface area contributed by atoms with E-state index < -0.39 is 0 Å². The standard InChI is InChI=1S/C16H28N6O2/c1-17-16(18-3-4-20-9-12-23-13-10-20)22-7-5-21(6-8-22)14-15-2-11-24-19-15/h2,11H,3-10,12-14H2,1H3,(H,17,18). The molecule has 2 fully saturated rings. The van der Waals surface area contributed by atoms with Crippen molar-refractivity contribution in [2.45, 2.75) is 6.54 Å². The van der Waals surface area contributed by atoms with Crippen LogP contribution in [0.1, 0.15) is 5.69 Å². The van der Waals surface area contributed by atoms with Crippen molar-refractivity contribution in [1.82, 2.24) is 25.2 Å². The van der Waals surface area contributed by atoms with Crippen molar-refractivity contribution >= 4 is 5.96 Å². The first kappa shape index (κ1) is 17.2. The highest BCUT2D eigenvalue weighted by molar-refractivity contribution is 5.80. The van der Waals surface area contributed by atoms with Gasteiger partial charge in [0.05, 0.1) is 18.9 Å². The molecule has 3 heterocycles. The Morgan fingerprint density at radius 1 is 1.17 bits per heavy atom. The van der Waals surface area contributed by atoms with Crippen LogP contribution in [0.5, 0.6) is 0 Å². The minimum Gasteiger partial charge on any atom is -0.379 e. The number of aliphatic imine (C=N–C) groups is 1. The van der Waals surface area contributed by atoms with Crippen LogP contribution in [0.4, 0.5) is 0 Å². The van der Waals surface area contributed by atoms with Gasteiger partial charge in [-0.25, -0.2) is 0 Å². The molecule has 0 saturated carbocycles. The number of piperazine rings is 1. The monoisotopic (exact) mass is 336 g/mol. The van der Waals surface area contributed by atoms with Crippen molar-refractivity contribution in [3.63, 3.8) is 0 Å². The molecule has 2 aliphatic rings. The van der Waals surface area contributed by atoms with Gasteiger partial charge in [0.15, 0.2) is 5.96 Å². The van der Waals surface area contributed by atoms with Crippen molar-refractivity contribution in [2.24, 2.45) is 4.99 Å². The van der Waals surface area contributed by atoms with Gasteiger partial charge in [-0.3, -0.25) is 14.8 Å². The molecule has 0 aromatic carbocycles. The zero-order valence-electron chi connectivity index (χ0n) is 14.5. The van der Waals surface area contributed by atoms with Gasteiger partial charge in [-0.15, -0.1) is 0 Å². The van der Waals surface area contributed by atoms with E-state index in [2.05, 4.69) is 30.2 Å². The summed E-state index contributed by atoms with van der Waals surface area (Å²) in [7, 11) is 1.86. The maximum Gasteiger partial charge on any atom is 0.193 e. The fourth-order valence-electron chi connectivity index (χ4n) is 3.15. The second-order valence-corrected chi connectivity index (χ2v) is 6.18. The first-order valence-corrected chi connectivity index (χ1v) is 8.72. The molecule has 134 valence electrons. The minimum absolute atomic E-state index is 0.849. The van der Waals surface area contributed by atoms with E-state index in [1.165, 1.54) is 0 Å². The van der Waals surface area contributed by atoms with Crippen LogP contribution in [0, 0.1) is 0 Å². The molecule has 0 amide bonds. The van der Waals surface area contributed by atoms with Gasteiger partial charge in [0, 0.05) is 72.0 Å². The number of guanidine groups is 1. The fraction of sp³-hybridized carbons (Fsp3) is 0.750. The van der Waals surface area contributed by atoms with Crippen molar-refractivity contribution in [3.8, 4) is 0 Å². The molecule has 2 saturated heterocycles. The summed E-state index contributed by atoms with van der Waals surface area (Å²) in [5.41, 5.74) is 0.997. The summed E-state index contributed by atoms with van der Waals surface area (Å²) >= 11 is 0.